The molecule has 2 heterocycles. The Morgan fingerprint density at radius 2 is 1.79 bits per heavy atom. The summed E-state index contributed by atoms with van der Waals surface area (Å²) < 4.78 is 10.8. The molecule has 0 aliphatic rings. The number of nitrogens with zero attached hydrogens (tertiary/aromatic N) is 4. The van der Waals surface area contributed by atoms with Gasteiger partial charge in [0.05, 0.1) is 37.7 Å². The van der Waals surface area contributed by atoms with Gasteiger partial charge in [-0.05, 0) is 54.4 Å². The predicted molar refractivity (Wildman–Crippen MR) is 128 cm³/mol. The van der Waals surface area contributed by atoms with Crippen LogP contribution in [-0.4, -0.2) is 29.2 Å². The Kier molecular flexibility index (Phi) is 6.43. The maximum Gasteiger partial charge on any atom is 0.224 e. The smallest absolute Gasteiger partial charge is 0.224 e. The highest BCUT2D eigenvalue weighted by molar-refractivity contribution is 6.28. The van der Waals surface area contributed by atoms with Crippen molar-refractivity contribution in [2.75, 3.05) is 24.9 Å². The van der Waals surface area contributed by atoms with E-state index in [0.29, 0.717) is 28.5 Å². The van der Waals surface area contributed by atoms with E-state index in [9.17, 15) is 0 Å². The largest absolute Gasteiger partial charge is 0.493 e. The molecule has 2 aromatic carbocycles. The van der Waals surface area contributed by atoms with Crippen molar-refractivity contribution < 1.29 is 9.47 Å². The van der Waals surface area contributed by atoms with Crippen molar-refractivity contribution in [2.45, 2.75) is 13.0 Å². The minimum absolute atomic E-state index is 0.0897. The Morgan fingerprint density at radius 1 is 1.00 bits per heavy atom. The molecule has 8 nitrogen and oxygen atoms in total. The second-order valence-corrected chi connectivity index (χ2v) is 7.56. The van der Waals surface area contributed by atoms with E-state index < -0.39 is 0 Å². The molecule has 0 fully saturated rings. The number of halogens is 1. The molecular formula is C24H21ClN6O2. The van der Waals surface area contributed by atoms with Crippen molar-refractivity contribution in [3.05, 3.63) is 71.3 Å². The van der Waals surface area contributed by atoms with Gasteiger partial charge < -0.3 is 20.1 Å². The standard InChI is InChI=1S/C24H21ClN6O2/c1-14(15-5-4-6-16(9-15)29-18-8-7-17(12-26)27-13-18)28-23-19-10-21(32-2)22(33-3)11-20(19)30-24(25)31-23/h4-11,13-14,29H,1-3H3,(H,28,30,31). The molecule has 33 heavy (non-hydrogen) atoms. The van der Waals surface area contributed by atoms with Gasteiger partial charge in [0.25, 0.3) is 0 Å². The molecule has 2 N–H and O–H groups in total. The van der Waals surface area contributed by atoms with Crippen LogP contribution in [0.15, 0.2) is 54.7 Å². The highest BCUT2D eigenvalue weighted by Crippen LogP contribution is 2.35. The zero-order valence-corrected chi connectivity index (χ0v) is 19.0. The van der Waals surface area contributed by atoms with Crippen LogP contribution in [0.4, 0.5) is 17.2 Å². The second-order valence-electron chi connectivity index (χ2n) is 7.23. The average Bonchev–Trinajstić information content (AvgIpc) is 2.83. The molecule has 9 heteroatoms. The van der Waals surface area contributed by atoms with Crippen LogP contribution in [0.25, 0.3) is 10.9 Å². The highest BCUT2D eigenvalue weighted by Gasteiger charge is 2.15. The number of rotatable bonds is 7. The summed E-state index contributed by atoms with van der Waals surface area (Å²) >= 11 is 6.19. The number of anilines is 3. The van der Waals surface area contributed by atoms with E-state index in [0.717, 1.165) is 22.3 Å². The van der Waals surface area contributed by atoms with Gasteiger partial charge in [0.1, 0.15) is 17.6 Å². The average molecular weight is 461 g/mol. The second kappa shape index (κ2) is 9.59. The monoisotopic (exact) mass is 460 g/mol. The highest BCUT2D eigenvalue weighted by atomic mass is 35.5. The quantitative estimate of drug-likeness (QED) is 0.349. The number of pyridine rings is 1. The number of fused-ring (bicyclic) bond motifs is 1. The molecule has 0 aliphatic carbocycles. The van der Waals surface area contributed by atoms with Crippen molar-refractivity contribution in [3.8, 4) is 17.6 Å². The summed E-state index contributed by atoms with van der Waals surface area (Å²) in [6.45, 7) is 2.03. The normalized spacial score (nSPS) is 11.5. The van der Waals surface area contributed by atoms with Gasteiger partial charge >= 0.3 is 0 Å². The lowest BCUT2D eigenvalue weighted by molar-refractivity contribution is 0.356. The first-order valence-electron chi connectivity index (χ1n) is 10.1. The van der Waals surface area contributed by atoms with Gasteiger partial charge in [-0.2, -0.15) is 5.26 Å². The van der Waals surface area contributed by atoms with Crippen LogP contribution in [0.5, 0.6) is 11.5 Å². The molecule has 0 radical (unpaired) electrons. The summed E-state index contributed by atoms with van der Waals surface area (Å²) in [5.74, 6) is 1.73. The molecule has 0 amide bonds. The molecule has 2 aromatic heterocycles. The molecule has 166 valence electrons. The molecule has 0 saturated carbocycles. The Morgan fingerprint density at radius 3 is 2.48 bits per heavy atom. The molecular weight excluding hydrogens is 440 g/mol. The Labute approximate surface area is 196 Å². The minimum atomic E-state index is -0.0897. The van der Waals surface area contributed by atoms with Gasteiger partial charge in [-0.1, -0.05) is 12.1 Å². The fraction of sp³-hybridized carbons (Fsp3) is 0.167. The molecule has 1 atom stereocenters. The fourth-order valence-electron chi connectivity index (χ4n) is 3.41. The van der Waals surface area contributed by atoms with Crippen LogP contribution < -0.4 is 20.1 Å². The van der Waals surface area contributed by atoms with Crippen LogP contribution in [-0.2, 0) is 0 Å². The molecule has 0 saturated heterocycles. The van der Waals surface area contributed by atoms with Crippen molar-refractivity contribution in [3.63, 3.8) is 0 Å². The number of benzene rings is 2. The van der Waals surface area contributed by atoms with Gasteiger partial charge in [0.15, 0.2) is 11.5 Å². The van der Waals surface area contributed by atoms with Crippen LogP contribution in [0, 0.1) is 11.3 Å². The number of ether oxygens (including phenoxy) is 2. The maximum atomic E-state index is 8.91. The lowest BCUT2D eigenvalue weighted by atomic mass is 10.1. The van der Waals surface area contributed by atoms with Gasteiger partial charge in [-0.25, -0.2) is 15.0 Å². The summed E-state index contributed by atoms with van der Waals surface area (Å²) in [5.41, 5.74) is 3.74. The fourth-order valence-corrected chi connectivity index (χ4v) is 3.59. The van der Waals surface area contributed by atoms with Crippen LogP contribution in [0.2, 0.25) is 5.28 Å². The first-order chi connectivity index (χ1) is 16.0. The van der Waals surface area contributed by atoms with E-state index in [1.54, 1.807) is 32.5 Å². The molecule has 0 spiro atoms. The minimum Gasteiger partial charge on any atom is -0.493 e. The number of hydrogen-bond donors (Lipinski definition) is 2. The molecule has 4 aromatic rings. The Bertz CT molecular complexity index is 1340. The first-order valence-corrected chi connectivity index (χ1v) is 10.5. The van der Waals surface area contributed by atoms with Gasteiger partial charge in [-0.15, -0.1) is 0 Å². The summed E-state index contributed by atoms with van der Waals surface area (Å²) in [6, 6.07) is 17.0. The van der Waals surface area contributed by atoms with Crippen LogP contribution in [0.3, 0.4) is 0 Å². The Hall–Kier alpha value is -4.09. The first kappa shape index (κ1) is 22.1. The summed E-state index contributed by atoms with van der Waals surface area (Å²) in [4.78, 5) is 12.8. The lowest BCUT2D eigenvalue weighted by Gasteiger charge is -2.18. The maximum absolute atomic E-state index is 8.91. The lowest BCUT2D eigenvalue weighted by Crippen LogP contribution is -2.09. The van der Waals surface area contributed by atoms with E-state index in [1.165, 1.54) is 0 Å². The summed E-state index contributed by atoms with van der Waals surface area (Å²) in [6.07, 6.45) is 1.63. The van der Waals surface area contributed by atoms with E-state index in [1.807, 2.05) is 49.4 Å². The van der Waals surface area contributed by atoms with Gasteiger partial charge in [0.2, 0.25) is 5.28 Å². The molecule has 0 aliphatic heterocycles. The van der Waals surface area contributed by atoms with Crippen molar-refractivity contribution >= 4 is 39.7 Å². The van der Waals surface area contributed by atoms with Gasteiger partial charge in [-0.3, -0.25) is 0 Å². The van der Waals surface area contributed by atoms with Crippen molar-refractivity contribution in [1.29, 1.82) is 5.26 Å². The predicted octanol–water partition coefficient (Wildman–Crippen LogP) is 5.48. The summed E-state index contributed by atoms with van der Waals surface area (Å²) in [7, 11) is 3.15. The third kappa shape index (κ3) is 4.89. The molecule has 0 bridgehead atoms. The number of nitrogens with one attached hydrogen (secondary N) is 2. The molecule has 4 rings (SSSR count). The van der Waals surface area contributed by atoms with Crippen LogP contribution in [0.1, 0.15) is 24.2 Å². The number of nitriles is 1. The number of hydrogen-bond acceptors (Lipinski definition) is 8. The summed E-state index contributed by atoms with van der Waals surface area (Å²) in [5, 5.41) is 16.5. The third-order valence-corrected chi connectivity index (χ3v) is 5.25. The Balaban J connectivity index is 1.61. The van der Waals surface area contributed by atoms with Crippen molar-refractivity contribution in [2.24, 2.45) is 0 Å². The SMILES string of the molecule is COc1cc2nc(Cl)nc(NC(C)c3cccc(Nc4ccc(C#N)nc4)c3)c2cc1OC. The van der Waals surface area contributed by atoms with E-state index in [2.05, 4.69) is 25.6 Å². The number of methoxy groups -OCH3 is 2. The zero-order chi connectivity index (χ0) is 23.4. The number of aromatic nitrogens is 3. The topological polar surface area (TPSA) is 105 Å². The van der Waals surface area contributed by atoms with E-state index in [-0.39, 0.29) is 11.3 Å². The third-order valence-electron chi connectivity index (χ3n) is 5.08. The van der Waals surface area contributed by atoms with E-state index >= 15 is 0 Å². The molecule has 1 unspecified atom stereocenters. The van der Waals surface area contributed by atoms with Gasteiger partial charge in [0, 0.05) is 17.1 Å². The van der Waals surface area contributed by atoms with Crippen LogP contribution >= 0.6 is 11.6 Å². The van der Waals surface area contributed by atoms with E-state index in [4.69, 9.17) is 26.3 Å². The zero-order valence-electron chi connectivity index (χ0n) is 18.3. The van der Waals surface area contributed by atoms with Crippen molar-refractivity contribution in [1.82, 2.24) is 15.0 Å².